The Morgan fingerprint density at radius 3 is 2.39 bits per heavy atom. The molecule has 1 heterocycles. The average Bonchev–Trinajstić information content (AvgIpc) is 2.80. The monoisotopic (exact) mass is 257 g/mol. The molecule has 0 aromatic heterocycles. The molecule has 18 heavy (non-hydrogen) atoms. The lowest BCUT2D eigenvalue weighted by Gasteiger charge is -2.17. The van der Waals surface area contributed by atoms with Gasteiger partial charge < -0.3 is 4.90 Å². The molecule has 1 aromatic carbocycles. The van der Waals surface area contributed by atoms with E-state index in [9.17, 15) is 18.0 Å². The summed E-state index contributed by atoms with van der Waals surface area (Å²) < 4.78 is 38.2. The molecule has 1 fully saturated rings. The van der Waals surface area contributed by atoms with Crippen LogP contribution in [-0.4, -0.2) is 23.9 Å². The van der Waals surface area contributed by atoms with E-state index in [0.717, 1.165) is 18.9 Å². The molecule has 1 amide bonds. The number of carbonyl (C=O) groups excluding carboxylic acids is 1. The predicted molar refractivity (Wildman–Crippen MR) is 61.3 cm³/mol. The first kappa shape index (κ1) is 12.9. The Morgan fingerprint density at radius 1 is 1.22 bits per heavy atom. The first-order chi connectivity index (χ1) is 8.39. The largest absolute Gasteiger partial charge is 0.416 e. The van der Waals surface area contributed by atoms with E-state index in [1.807, 2.05) is 0 Å². The number of nitrogens with zero attached hydrogens (tertiary/aromatic N) is 1. The van der Waals surface area contributed by atoms with Crippen LogP contribution < -0.4 is 0 Å². The first-order valence-corrected chi connectivity index (χ1v) is 5.87. The zero-order valence-electron chi connectivity index (χ0n) is 10.0. The second kappa shape index (κ2) is 4.63. The molecule has 0 spiro atoms. The van der Waals surface area contributed by atoms with E-state index in [1.165, 1.54) is 19.1 Å². The lowest BCUT2D eigenvalue weighted by atomic mass is 10.0. The van der Waals surface area contributed by atoms with Crippen LogP contribution in [0, 0.1) is 6.92 Å². The number of hydrogen-bond donors (Lipinski definition) is 0. The maximum atomic E-state index is 12.7. The smallest absolute Gasteiger partial charge is 0.339 e. The highest BCUT2D eigenvalue weighted by Crippen LogP contribution is 2.32. The summed E-state index contributed by atoms with van der Waals surface area (Å²) in [6, 6.07) is 3.77. The number of carbonyl (C=O) groups is 1. The van der Waals surface area contributed by atoms with E-state index >= 15 is 0 Å². The minimum atomic E-state index is -4.41. The van der Waals surface area contributed by atoms with Crippen LogP contribution >= 0.6 is 0 Å². The van der Waals surface area contributed by atoms with E-state index in [0.29, 0.717) is 13.1 Å². The molecule has 0 unspecified atom stereocenters. The van der Waals surface area contributed by atoms with E-state index in [4.69, 9.17) is 0 Å². The zero-order valence-corrected chi connectivity index (χ0v) is 10.0. The molecule has 0 bridgehead atoms. The van der Waals surface area contributed by atoms with Gasteiger partial charge in [0.2, 0.25) is 0 Å². The van der Waals surface area contributed by atoms with Gasteiger partial charge in [0, 0.05) is 18.7 Å². The van der Waals surface area contributed by atoms with Crippen LogP contribution in [0.5, 0.6) is 0 Å². The summed E-state index contributed by atoms with van der Waals surface area (Å²) in [4.78, 5) is 13.6. The van der Waals surface area contributed by atoms with Crippen molar-refractivity contribution in [3.63, 3.8) is 0 Å². The van der Waals surface area contributed by atoms with Crippen LogP contribution in [0.15, 0.2) is 18.2 Å². The molecule has 0 atom stereocenters. The highest BCUT2D eigenvalue weighted by molar-refractivity contribution is 5.94. The van der Waals surface area contributed by atoms with Gasteiger partial charge in [0.05, 0.1) is 5.56 Å². The minimum absolute atomic E-state index is 0.120. The zero-order chi connectivity index (χ0) is 13.3. The number of halogens is 3. The molecule has 0 N–H and O–H groups in total. The number of alkyl halides is 3. The van der Waals surface area contributed by atoms with Gasteiger partial charge >= 0.3 is 6.18 Å². The Kier molecular flexibility index (Phi) is 3.32. The van der Waals surface area contributed by atoms with Crippen LogP contribution in [-0.2, 0) is 6.18 Å². The summed E-state index contributed by atoms with van der Waals surface area (Å²) >= 11 is 0. The van der Waals surface area contributed by atoms with Gasteiger partial charge in [-0.1, -0.05) is 6.07 Å². The van der Waals surface area contributed by atoms with Gasteiger partial charge in [-0.05, 0) is 37.5 Å². The van der Waals surface area contributed by atoms with Crippen molar-refractivity contribution in [3.05, 3.63) is 34.9 Å². The average molecular weight is 257 g/mol. The fourth-order valence-electron chi connectivity index (χ4n) is 2.16. The van der Waals surface area contributed by atoms with Crippen molar-refractivity contribution in [2.75, 3.05) is 13.1 Å². The topological polar surface area (TPSA) is 20.3 Å². The summed E-state index contributed by atoms with van der Waals surface area (Å²) in [5.74, 6) is -0.307. The lowest BCUT2D eigenvalue weighted by molar-refractivity contribution is -0.138. The number of aryl methyl sites for hydroxylation is 1. The molecular formula is C13H14F3NO. The number of amides is 1. The molecule has 2 rings (SSSR count). The number of rotatable bonds is 1. The van der Waals surface area contributed by atoms with Crippen molar-refractivity contribution in [3.8, 4) is 0 Å². The van der Waals surface area contributed by atoms with Gasteiger partial charge in [-0.3, -0.25) is 4.79 Å². The second-order valence-electron chi connectivity index (χ2n) is 4.53. The highest BCUT2D eigenvalue weighted by atomic mass is 19.4. The van der Waals surface area contributed by atoms with Crippen LogP contribution in [0.2, 0.25) is 0 Å². The van der Waals surface area contributed by atoms with Crippen LogP contribution in [0.25, 0.3) is 0 Å². The molecule has 0 saturated carbocycles. The molecule has 0 radical (unpaired) electrons. The Morgan fingerprint density at radius 2 is 1.83 bits per heavy atom. The SMILES string of the molecule is Cc1ccc(C(=O)N2CCCC2)cc1C(F)(F)F. The maximum absolute atomic E-state index is 12.7. The third-order valence-corrected chi connectivity index (χ3v) is 3.18. The summed E-state index contributed by atoms with van der Waals surface area (Å²) in [6.07, 6.45) is -2.57. The molecule has 1 saturated heterocycles. The third kappa shape index (κ3) is 2.49. The number of likely N-dealkylation sites (tertiary alicyclic amines) is 1. The van der Waals surface area contributed by atoms with Crippen LogP contribution in [0.4, 0.5) is 13.2 Å². The third-order valence-electron chi connectivity index (χ3n) is 3.18. The fraction of sp³-hybridized carbons (Fsp3) is 0.462. The van der Waals surface area contributed by atoms with Crippen LogP contribution in [0.3, 0.4) is 0 Å². The molecular weight excluding hydrogens is 243 g/mol. The Bertz CT molecular complexity index is 462. The van der Waals surface area contributed by atoms with E-state index in [-0.39, 0.29) is 17.0 Å². The van der Waals surface area contributed by atoms with E-state index in [2.05, 4.69) is 0 Å². The first-order valence-electron chi connectivity index (χ1n) is 5.87. The van der Waals surface area contributed by atoms with Crippen molar-refractivity contribution in [2.45, 2.75) is 25.9 Å². The number of hydrogen-bond acceptors (Lipinski definition) is 1. The van der Waals surface area contributed by atoms with Gasteiger partial charge in [-0.25, -0.2) is 0 Å². The summed E-state index contributed by atoms with van der Waals surface area (Å²) in [7, 11) is 0. The molecule has 1 aromatic rings. The van der Waals surface area contributed by atoms with E-state index < -0.39 is 11.7 Å². The van der Waals surface area contributed by atoms with Crippen molar-refractivity contribution in [1.82, 2.24) is 4.90 Å². The predicted octanol–water partition coefficient (Wildman–Crippen LogP) is 3.25. The van der Waals surface area contributed by atoms with Gasteiger partial charge in [-0.15, -0.1) is 0 Å². The normalized spacial score (nSPS) is 16.1. The summed E-state index contributed by atoms with van der Waals surface area (Å²) in [5.41, 5.74) is -0.470. The Balaban J connectivity index is 2.32. The van der Waals surface area contributed by atoms with Gasteiger partial charge in [0.15, 0.2) is 0 Å². The van der Waals surface area contributed by atoms with Gasteiger partial charge in [0.25, 0.3) is 5.91 Å². The molecule has 98 valence electrons. The molecule has 1 aliphatic rings. The van der Waals surface area contributed by atoms with Gasteiger partial charge in [0.1, 0.15) is 0 Å². The van der Waals surface area contributed by atoms with Crippen LogP contribution in [0.1, 0.15) is 34.3 Å². The van der Waals surface area contributed by atoms with Gasteiger partial charge in [-0.2, -0.15) is 13.2 Å². The quantitative estimate of drug-likeness (QED) is 0.756. The second-order valence-corrected chi connectivity index (χ2v) is 4.53. The standard InChI is InChI=1S/C13H14F3NO/c1-9-4-5-10(8-11(9)13(14,15)16)12(18)17-6-2-3-7-17/h4-5,8H,2-3,6-7H2,1H3. The molecule has 1 aliphatic heterocycles. The molecule has 5 heteroatoms. The minimum Gasteiger partial charge on any atom is -0.339 e. The van der Waals surface area contributed by atoms with Crippen molar-refractivity contribution < 1.29 is 18.0 Å². The Hall–Kier alpha value is -1.52. The fourth-order valence-corrected chi connectivity index (χ4v) is 2.16. The molecule has 0 aliphatic carbocycles. The Labute approximate surface area is 103 Å². The van der Waals surface area contributed by atoms with Crippen molar-refractivity contribution >= 4 is 5.91 Å². The maximum Gasteiger partial charge on any atom is 0.416 e. The highest BCUT2D eigenvalue weighted by Gasteiger charge is 2.33. The van der Waals surface area contributed by atoms with Crippen molar-refractivity contribution in [2.24, 2.45) is 0 Å². The van der Waals surface area contributed by atoms with Crippen molar-refractivity contribution in [1.29, 1.82) is 0 Å². The van der Waals surface area contributed by atoms with E-state index in [1.54, 1.807) is 4.90 Å². The number of benzene rings is 1. The summed E-state index contributed by atoms with van der Waals surface area (Å²) in [5, 5.41) is 0. The molecule has 2 nitrogen and oxygen atoms in total. The summed E-state index contributed by atoms with van der Waals surface area (Å²) in [6.45, 7) is 2.66. The lowest BCUT2D eigenvalue weighted by Crippen LogP contribution is -2.28.